The first-order valence-corrected chi connectivity index (χ1v) is 10.7. The second kappa shape index (κ2) is 10.2. The summed E-state index contributed by atoms with van der Waals surface area (Å²) < 4.78 is 43.2. The Labute approximate surface area is 180 Å². The van der Waals surface area contributed by atoms with Crippen molar-refractivity contribution in [3.05, 3.63) is 58.1 Å². The van der Waals surface area contributed by atoms with Crippen molar-refractivity contribution in [1.29, 1.82) is 0 Å². The van der Waals surface area contributed by atoms with Crippen LogP contribution in [0.25, 0.3) is 0 Å². The normalized spacial score (nSPS) is 12.3. The number of esters is 1. The maximum absolute atomic E-state index is 12.7. The van der Waals surface area contributed by atoms with Crippen molar-refractivity contribution in [2.24, 2.45) is 5.92 Å². The van der Waals surface area contributed by atoms with Gasteiger partial charge in [0.1, 0.15) is 24.1 Å². The Morgan fingerprint density at radius 2 is 1.74 bits per heavy atom. The van der Waals surface area contributed by atoms with E-state index >= 15 is 0 Å². The highest BCUT2D eigenvalue weighted by atomic mass is 32.2. The minimum Gasteiger partial charge on any atom is -0.497 e. The Balaban J connectivity index is 2.17. The third-order valence-corrected chi connectivity index (χ3v) is 5.87. The minimum absolute atomic E-state index is 0.0351. The van der Waals surface area contributed by atoms with Crippen LogP contribution < -0.4 is 14.2 Å². The smallest absolute Gasteiger partial charge is 0.324 e. The molecule has 0 amide bonds. The Hall–Kier alpha value is -3.18. The maximum atomic E-state index is 12.7. The highest BCUT2D eigenvalue weighted by Gasteiger charge is 2.30. The zero-order valence-electron chi connectivity index (χ0n) is 17.5. The van der Waals surface area contributed by atoms with E-state index in [2.05, 4.69) is 4.72 Å². The average Bonchev–Trinajstić information content (AvgIpc) is 2.75. The van der Waals surface area contributed by atoms with E-state index in [1.54, 1.807) is 13.8 Å². The molecule has 168 valence electrons. The molecule has 0 saturated heterocycles. The van der Waals surface area contributed by atoms with Gasteiger partial charge in [-0.3, -0.25) is 14.9 Å². The van der Waals surface area contributed by atoms with Gasteiger partial charge < -0.3 is 14.2 Å². The average molecular weight is 452 g/mol. The molecule has 31 heavy (non-hydrogen) atoms. The molecular weight excluding hydrogens is 428 g/mol. The summed E-state index contributed by atoms with van der Waals surface area (Å²) in [7, 11) is -1.17. The summed E-state index contributed by atoms with van der Waals surface area (Å²) in [6.07, 6.45) is 0. The lowest BCUT2D eigenvalue weighted by atomic mass is 10.1. The number of carbonyl (C=O) groups excluding carboxylic acids is 1. The quantitative estimate of drug-likeness (QED) is 0.330. The summed E-state index contributed by atoms with van der Waals surface area (Å²) >= 11 is 0. The number of sulfonamides is 1. The molecule has 10 nitrogen and oxygen atoms in total. The highest BCUT2D eigenvalue weighted by molar-refractivity contribution is 7.89. The molecular formula is C20H24N2O8S. The molecule has 0 aliphatic rings. The van der Waals surface area contributed by atoms with Crippen molar-refractivity contribution in [2.75, 3.05) is 14.2 Å². The molecule has 0 aromatic heterocycles. The molecule has 0 heterocycles. The number of hydrogen-bond acceptors (Lipinski definition) is 8. The molecule has 0 bridgehead atoms. The number of non-ortho nitro benzene ring substituents is 1. The third-order valence-electron chi connectivity index (χ3n) is 4.42. The van der Waals surface area contributed by atoms with Crippen LogP contribution >= 0.6 is 0 Å². The molecule has 0 radical (unpaired) electrons. The standard InChI is InChI=1S/C20H24N2O8S/c1-13(2)19(21-31(26,27)17-8-6-16(28-3)7-9-17)20(23)30-12-14-11-15(22(24)25)5-10-18(14)29-4/h5-11,13,19,21H,12H2,1-4H3/t19-/m0/s1. The number of nitro benzene ring substituents is 1. The fraction of sp³-hybridized carbons (Fsp3) is 0.350. The Kier molecular flexibility index (Phi) is 7.95. The zero-order valence-corrected chi connectivity index (χ0v) is 18.3. The topological polar surface area (TPSA) is 134 Å². The van der Waals surface area contributed by atoms with E-state index in [4.69, 9.17) is 14.2 Å². The summed E-state index contributed by atoms with van der Waals surface area (Å²) in [5, 5.41) is 11.0. The minimum atomic E-state index is -4.01. The van der Waals surface area contributed by atoms with Crippen LogP contribution in [0.1, 0.15) is 19.4 Å². The summed E-state index contributed by atoms with van der Waals surface area (Å²) in [6, 6.07) is 8.43. The fourth-order valence-corrected chi connectivity index (χ4v) is 4.01. The summed E-state index contributed by atoms with van der Waals surface area (Å²) in [6.45, 7) is 3.00. The molecule has 0 saturated carbocycles. The summed E-state index contributed by atoms with van der Waals surface area (Å²) in [4.78, 5) is 23.0. The first kappa shape index (κ1) is 24.1. The third kappa shape index (κ3) is 6.15. The van der Waals surface area contributed by atoms with Crippen LogP contribution in [0.15, 0.2) is 47.4 Å². The van der Waals surface area contributed by atoms with Gasteiger partial charge in [-0.1, -0.05) is 13.8 Å². The van der Waals surface area contributed by atoms with Crippen molar-refractivity contribution in [1.82, 2.24) is 4.72 Å². The highest BCUT2D eigenvalue weighted by Crippen LogP contribution is 2.25. The van der Waals surface area contributed by atoms with E-state index in [0.717, 1.165) is 0 Å². The van der Waals surface area contributed by atoms with Crippen molar-refractivity contribution >= 4 is 21.7 Å². The molecule has 0 aliphatic heterocycles. The molecule has 2 aromatic carbocycles. The van der Waals surface area contributed by atoms with Gasteiger partial charge in [-0.05, 0) is 36.2 Å². The number of nitrogens with zero attached hydrogens (tertiary/aromatic N) is 1. The van der Waals surface area contributed by atoms with Crippen LogP contribution in [0.4, 0.5) is 5.69 Å². The second-order valence-corrected chi connectivity index (χ2v) is 8.59. The monoisotopic (exact) mass is 452 g/mol. The van der Waals surface area contributed by atoms with Crippen molar-refractivity contribution in [2.45, 2.75) is 31.4 Å². The molecule has 0 fully saturated rings. The molecule has 0 spiro atoms. The van der Waals surface area contributed by atoms with E-state index < -0.39 is 32.9 Å². The number of rotatable bonds is 10. The fourth-order valence-electron chi connectivity index (χ4n) is 2.68. The number of nitro groups is 1. The van der Waals surface area contributed by atoms with Gasteiger partial charge in [0.15, 0.2) is 0 Å². The van der Waals surface area contributed by atoms with Gasteiger partial charge in [-0.15, -0.1) is 0 Å². The van der Waals surface area contributed by atoms with E-state index in [0.29, 0.717) is 11.5 Å². The van der Waals surface area contributed by atoms with Crippen LogP contribution in [-0.2, 0) is 26.2 Å². The van der Waals surface area contributed by atoms with Crippen molar-refractivity contribution < 1.29 is 32.3 Å². The molecule has 2 aromatic rings. The zero-order chi connectivity index (χ0) is 23.2. The largest absolute Gasteiger partial charge is 0.497 e. The summed E-state index contributed by atoms with van der Waals surface area (Å²) in [5.74, 6) is -0.448. The van der Waals surface area contributed by atoms with Gasteiger partial charge in [0.2, 0.25) is 10.0 Å². The van der Waals surface area contributed by atoms with Crippen LogP contribution in [-0.4, -0.2) is 39.6 Å². The number of methoxy groups -OCH3 is 2. The Morgan fingerprint density at radius 1 is 1.10 bits per heavy atom. The van der Waals surface area contributed by atoms with E-state index in [1.165, 1.54) is 56.7 Å². The molecule has 1 atom stereocenters. The van der Waals surface area contributed by atoms with Crippen LogP contribution in [0.2, 0.25) is 0 Å². The van der Waals surface area contributed by atoms with Crippen molar-refractivity contribution in [3.63, 3.8) is 0 Å². The summed E-state index contributed by atoms with van der Waals surface area (Å²) in [5.41, 5.74) is 0.0954. The lowest BCUT2D eigenvalue weighted by molar-refractivity contribution is -0.385. The first-order chi connectivity index (χ1) is 14.6. The second-order valence-electron chi connectivity index (χ2n) is 6.88. The SMILES string of the molecule is COc1ccc(S(=O)(=O)N[C@H](C(=O)OCc2cc([N+](=O)[O-])ccc2OC)C(C)C)cc1. The molecule has 1 N–H and O–H groups in total. The Morgan fingerprint density at radius 3 is 2.26 bits per heavy atom. The van der Waals surface area contributed by atoms with Crippen LogP contribution in [0, 0.1) is 16.0 Å². The van der Waals surface area contributed by atoms with E-state index in [1.807, 2.05) is 0 Å². The van der Waals surface area contributed by atoms with Crippen molar-refractivity contribution in [3.8, 4) is 11.5 Å². The van der Waals surface area contributed by atoms with Crippen LogP contribution in [0.3, 0.4) is 0 Å². The number of hydrogen-bond donors (Lipinski definition) is 1. The number of carbonyl (C=O) groups is 1. The van der Waals surface area contributed by atoms with Gasteiger partial charge in [-0.25, -0.2) is 8.42 Å². The maximum Gasteiger partial charge on any atom is 0.324 e. The predicted molar refractivity (Wildman–Crippen MR) is 111 cm³/mol. The number of nitrogens with one attached hydrogen (secondary N) is 1. The van der Waals surface area contributed by atoms with Crippen LogP contribution in [0.5, 0.6) is 11.5 Å². The molecule has 0 unspecified atom stereocenters. The molecule has 0 aliphatic carbocycles. The van der Waals surface area contributed by atoms with Gasteiger partial charge in [0.05, 0.1) is 24.0 Å². The number of ether oxygens (including phenoxy) is 3. The van der Waals surface area contributed by atoms with Gasteiger partial charge in [0.25, 0.3) is 5.69 Å². The molecule has 2 rings (SSSR count). The van der Waals surface area contributed by atoms with Gasteiger partial charge >= 0.3 is 5.97 Å². The number of benzene rings is 2. The first-order valence-electron chi connectivity index (χ1n) is 9.23. The van der Waals surface area contributed by atoms with E-state index in [9.17, 15) is 23.3 Å². The lowest BCUT2D eigenvalue weighted by Crippen LogP contribution is -2.45. The van der Waals surface area contributed by atoms with E-state index in [-0.39, 0.29) is 22.8 Å². The molecule has 11 heteroatoms. The Bertz CT molecular complexity index is 1040. The van der Waals surface area contributed by atoms with Gasteiger partial charge in [0, 0.05) is 17.7 Å². The van der Waals surface area contributed by atoms with Gasteiger partial charge in [-0.2, -0.15) is 4.72 Å². The lowest BCUT2D eigenvalue weighted by Gasteiger charge is -2.21. The predicted octanol–water partition coefficient (Wildman–Crippen LogP) is 2.66.